The third-order valence-corrected chi connectivity index (χ3v) is 14.7. The Morgan fingerprint density at radius 2 is 0.983 bits per heavy atom. The monoisotopic (exact) mass is 798 g/mol. The van der Waals surface area contributed by atoms with Crippen LogP contribution in [0.25, 0.3) is 106 Å². The van der Waals surface area contributed by atoms with Crippen LogP contribution in [0.15, 0.2) is 200 Å². The Morgan fingerprint density at radius 3 is 1.87 bits per heavy atom. The molecule has 1 N–H and O–H groups in total. The van der Waals surface area contributed by atoms with Gasteiger partial charge >= 0.3 is 0 Å². The second-order valence-corrected chi connectivity index (χ2v) is 17.9. The van der Waals surface area contributed by atoms with Crippen molar-refractivity contribution >= 4 is 123 Å². The Kier molecular flexibility index (Phi) is 7.38. The standard InChI is InChI=1S/C56H34N2S2/c1-2-9-36-30-38(17-16-34(36)8-1)43-12-7-13-51-55(43)49-33-42(25-29-50(49)57-51)58(41-24-28-44-39(31-41)21-27-48-46-11-4-6-15-53(46)60-56(44)48)40-22-18-35(19-23-40)37-20-26-47-45-10-3-5-14-52(45)59-54(47)32-37/h1-33,57H. The van der Waals surface area contributed by atoms with Gasteiger partial charge in [-0.25, -0.2) is 0 Å². The fraction of sp³-hybridized carbons (Fsp3) is 0. The van der Waals surface area contributed by atoms with Crippen LogP contribution < -0.4 is 4.90 Å². The summed E-state index contributed by atoms with van der Waals surface area (Å²) < 4.78 is 5.31. The predicted molar refractivity (Wildman–Crippen MR) is 262 cm³/mol. The van der Waals surface area contributed by atoms with Crippen molar-refractivity contribution in [3.63, 3.8) is 0 Å². The van der Waals surface area contributed by atoms with Gasteiger partial charge in [0.05, 0.1) is 0 Å². The zero-order valence-corrected chi connectivity index (χ0v) is 33.9. The number of hydrogen-bond acceptors (Lipinski definition) is 3. The molecular formula is C56H34N2S2. The van der Waals surface area contributed by atoms with E-state index < -0.39 is 0 Å². The van der Waals surface area contributed by atoms with Crippen molar-refractivity contribution < 1.29 is 0 Å². The van der Waals surface area contributed by atoms with Gasteiger partial charge < -0.3 is 9.88 Å². The molecule has 60 heavy (non-hydrogen) atoms. The summed E-state index contributed by atoms with van der Waals surface area (Å²) in [4.78, 5) is 6.17. The summed E-state index contributed by atoms with van der Waals surface area (Å²) in [6, 6.07) is 74.0. The molecule has 0 spiro atoms. The Labute approximate surface area is 353 Å². The third-order valence-electron chi connectivity index (χ3n) is 12.4. The van der Waals surface area contributed by atoms with E-state index in [2.05, 4.69) is 210 Å². The van der Waals surface area contributed by atoms with E-state index in [1.807, 2.05) is 22.7 Å². The number of nitrogens with zero attached hydrogens (tertiary/aromatic N) is 1. The van der Waals surface area contributed by atoms with Crippen molar-refractivity contribution in [2.24, 2.45) is 0 Å². The second-order valence-electron chi connectivity index (χ2n) is 15.8. The Balaban J connectivity index is 0.978. The van der Waals surface area contributed by atoms with Crippen LogP contribution in [-0.2, 0) is 0 Å². The Bertz CT molecular complexity index is 3850. The highest BCUT2D eigenvalue weighted by Crippen LogP contribution is 2.44. The second kappa shape index (κ2) is 13.1. The number of rotatable bonds is 5. The maximum Gasteiger partial charge on any atom is 0.0471 e. The summed E-state index contributed by atoms with van der Waals surface area (Å²) in [7, 11) is 0. The van der Waals surface area contributed by atoms with E-state index in [1.165, 1.54) is 94.9 Å². The van der Waals surface area contributed by atoms with Crippen molar-refractivity contribution in [1.29, 1.82) is 0 Å². The van der Waals surface area contributed by atoms with Crippen LogP contribution in [-0.4, -0.2) is 4.98 Å². The minimum atomic E-state index is 1.11. The van der Waals surface area contributed by atoms with Crippen LogP contribution in [0.4, 0.5) is 17.1 Å². The number of aromatic nitrogens is 1. The largest absolute Gasteiger partial charge is 0.354 e. The molecule has 280 valence electrons. The topological polar surface area (TPSA) is 19.0 Å². The highest BCUT2D eigenvalue weighted by atomic mass is 32.1. The quantitative estimate of drug-likeness (QED) is 0.184. The molecule has 0 amide bonds. The molecule has 3 aromatic heterocycles. The zero-order valence-electron chi connectivity index (χ0n) is 32.3. The van der Waals surface area contributed by atoms with E-state index >= 15 is 0 Å². The molecular weight excluding hydrogens is 765 g/mol. The lowest BCUT2D eigenvalue weighted by molar-refractivity contribution is 1.29. The SMILES string of the molecule is c1ccc2cc(-c3cccc4[nH]c5ccc(N(c6ccc(-c7ccc8c(c7)sc7ccccc78)cc6)c6ccc7c(ccc8c9ccccc9sc78)c6)cc5c34)ccc2c1. The van der Waals surface area contributed by atoms with Gasteiger partial charge in [-0.2, -0.15) is 0 Å². The summed E-state index contributed by atoms with van der Waals surface area (Å²) in [5.41, 5.74) is 10.5. The van der Waals surface area contributed by atoms with Gasteiger partial charge in [0, 0.05) is 79.2 Å². The normalized spacial score (nSPS) is 12.0. The molecule has 0 aliphatic rings. The number of H-pyrrole nitrogens is 1. The molecule has 0 fully saturated rings. The number of nitrogens with one attached hydrogen (secondary N) is 1. The first-order valence-corrected chi connectivity index (χ1v) is 22.0. The molecule has 0 aliphatic carbocycles. The molecule has 13 aromatic rings. The molecule has 13 rings (SSSR count). The highest BCUT2D eigenvalue weighted by molar-refractivity contribution is 7.26. The van der Waals surface area contributed by atoms with E-state index in [-0.39, 0.29) is 0 Å². The van der Waals surface area contributed by atoms with Gasteiger partial charge in [-0.15, -0.1) is 22.7 Å². The third kappa shape index (κ3) is 5.25. The summed E-state index contributed by atoms with van der Waals surface area (Å²) in [6.07, 6.45) is 0. The van der Waals surface area contributed by atoms with Crippen molar-refractivity contribution in [3.8, 4) is 22.3 Å². The van der Waals surface area contributed by atoms with Crippen LogP contribution in [0.2, 0.25) is 0 Å². The molecule has 0 saturated carbocycles. The predicted octanol–water partition coefficient (Wildman–Crippen LogP) is 17.2. The fourth-order valence-corrected chi connectivity index (χ4v) is 11.9. The van der Waals surface area contributed by atoms with Gasteiger partial charge in [0.15, 0.2) is 0 Å². The number of benzene rings is 10. The molecule has 0 radical (unpaired) electrons. The number of fused-ring (bicyclic) bond motifs is 12. The number of aromatic amines is 1. The lowest BCUT2D eigenvalue weighted by atomic mass is 9.97. The lowest BCUT2D eigenvalue weighted by Crippen LogP contribution is -2.09. The van der Waals surface area contributed by atoms with Crippen molar-refractivity contribution in [2.45, 2.75) is 0 Å². The number of hydrogen-bond donors (Lipinski definition) is 1. The minimum Gasteiger partial charge on any atom is -0.354 e. The minimum absolute atomic E-state index is 1.11. The summed E-state index contributed by atoms with van der Waals surface area (Å²) in [5, 5.41) is 12.8. The smallest absolute Gasteiger partial charge is 0.0471 e. The van der Waals surface area contributed by atoms with Crippen LogP contribution in [0.1, 0.15) is 0 Å². The molecule has 0 aliphatic heterocycles. The first kappa shape index (κ1) is 33.7. The van der Waals surface area contributed by atoms with Crippen molar-refractivity contribution in [1.82, 2.24) is 4.98 Å². The van der Waals surface area contributed by atoms with Crippen LogP contribution in [0.3, 0.4) is 0 Å². The van der Waals surface area contributed by atoms with Crippen molar-refractivity contribution in [3.05, 3.63) is 200 Å². The first-order valence-electron chi connectivity index (χ1n) is 20.4. The van der Waals surface area contributed by atoms with Gasteiger partial charge in [0.2, 0.25) is 0 Å². The first-order chi connectivity index (χ1) is 29.7. The maximum absolute atomic E-state index is 3.75. The molecule has 3 heterocycles. The van der Waals surface area contributed by atoms with Crippen molar-refractivity contribution in [2.75, 3.05) is 4.90 Å². The summed E-state index contributed by atoms with van der Waals surface area (Å²) in [6.45, 7) is 0. The van der Waals surface area contributed by atoms with Gasteiger partial charge in [0.25, 0.3) is 0 Å². The van der Waals surface area contributed by atoms with E-state index in [9.17, 15) is 0 Å². The summed E-state index contributed by atoms with van der Waals surface area (Å²) >= 11 is 3.75. The fourth-order valence-electron chi connectivity index (χ4n) is 9.47. The molecule has 0 atom stereocenters. The van der Waals surface area contributed by atoms with E-state index in [0.29, 0.717) is 0 Å². The molecule has 0 saturated heterocycles. The van der Waals surface area contributed by atoms with E-state index in [1.54, 1.807) is 0 Å². The van der Waals surface area contributed by atoms with Crippen LogP contribution >= 0.6 is 22.7 Å². The molecule has 2 nitrogen and oxygen atoms in total. The molecule has 0 bridgehead atoms. The number of anilines is 3. The van der Waals surface area contributed by atoms with Gasteiger partial charge in [-0.05, 0) is 117 Å². The Morgan fingerprint density at radius 1 is 0.333 bits per heavy atom. The van der Waals surface area contributed by atoms with E-state index in [4.69, 9.17) is 0 Å². The average Bonchev–Trinajstić information content (AvgIpc) is 4.00. The lowest BCUT2D eigenvalue weighted by Gasteiger charge is -2.26. The zero-order chi connectivity index (χ0) is 39.3. The van der Waals surface area contributed by atoms with Crippen LogP contribution in [0, 0.1) is 0 Å². The number of thiophene rings is 2. The molecule has 0 unspecified atom stereocenters. The van der Waals surface area contributed by atoms with E-state index in [0.717, 1.165) is 28.1 Å². The summed E-state index contributed by atoms with van der Waals surface area (Å²) in [5.74, 6) is 0. The highest BCUT2D eigenvalue weighted by Gasteiger charge is 2.19. The van der Waals surface area contributed by atoms with Gasteiger partial charge in [-0.3, -0.25) is 0 Å². The Hall–Kier alpha value is -7.24. The van der Waals surface area contributed by atoms with Gasteiger partial charge in [0.1, 0.15) is 0 Å². The molecule has 4 heteroatoms. The maximum atomic E-state index is 3.75. The average molecular weight is 799 g/mol. The van der Waals surface area contributed by atoms with Gasteiger partial charge in [-0.1, -0.05) is 127 Å². The molecule has 10 aromatic carbocycles. The van der Waals surface area contributed by atoms with Crippen LogP contribution in [0.5, 0.6) is 0 Å².